The summed E-state index contributed by atoms with van der Waals surface area (Å²) in [5.74, 6) is -0.453. The van der Waals surface area contributed by atoms with Crippen molar-refractivity contribution in [2.45, 2.75) is 12.5 Å². The number of carbonyl (C=O) groups excluding carboxylic acids is 1. The second kappa shape index (κ2) is 7.88. The van der Waals surface area contributed by atoms with Gasteiger partial charge in [-0.3, -0.25) is 0 Å². The van der Waals surface area contributed by atoms with Crippen molar-refractivity contribution in [3.05, 3.63) is 48.6 Å². The molecule has 5 heteroatoms. The van der Waals surface area contributed by atoms with Gasteiger partial charge in [0.05, 0.1) is 0 Å². The van der Waals surface area contributed by atoms with Crippen LogP contribution in [0.2, 0.25) is 6.04 Å². The Labute approximate surface area is 115 Å². The summed E-state index contributed by atoms with van der Waals surface area (Å²) in [6.45, 7) is 3.37. The average Bonchev–Trinajstić information content (AvgIpc) is 2.49. The van der Waals surface area contributed by atoms with Crippen LogP contribution in [0.25, 0.3) is 0 Å². The van der Waals surface area contributed by atoms with Gasteiger partial charge in [-0.15, -0.1) is 0 Å². The first kappa shape index (κ1) is 15.6. The zero-order chi connectivity index (χ0) is 14.1. The number of carbonyl (C=O) groups is 1. The maximum Gasteiger partial charge on any atom is 0.377 e. The second-order valence-corrected chi connectivity index (χ2v) is 7.54. The van der Waals surface area contributed by atoms with Gasteiger partial charge in [0.25, 0.3) is 0 Å². The molecule has 4 nitrogen and oxygen atoms in total. The second-order valence-electron chi connectivity index (χ2n) is 4.12. The van der Waals surface area contributed by atoms with E-state index < -0.39 is 14.5 Å². The number of esters is 1. The first-order chi connectivity index (χ1) is 9.15. The Bertz CT molecular complexity index is 401. The van der Waals surface area contributed by atoms with E-state index in [1.807, 2.05) is 18.2 Å². The van der Waals surface area contributed by atoms with Gasteiger partial charge in [0.1, 0.15) is 6.23 Å². The maximum atomic E-state index is 11.1. The smallest absolute Gasteiger partial charge is 0.377 e. The third-order valence-electron chi connectivity index (χ3n) is 2.98. The number of aryl methyl sites for hydroxylation is 1. The molecule has 104 valence electrons. The lowest BCUT2D eigenvalue weighted by atomic mass is 10.2. The van der Waals surface area contributed by atoms with E-state index in [1.165, 1.54) is 5.56 Å². The van der Waals surface area contributed by atoms with E-state index in [0.717, 1.165) is 18.5 Å². The Kier molecular flexibility index (Phi) is 6.48. The summed E-state index contributed by atoms with van der Waals surface area (Å²) in [4.78, 5) is 11.1. The molecule has 0 unspecified atom stereocenters. The highest BCUT2D eigenvalue weighted by atomic mass is 28.4. The summed E-state index contributed by atoms with van der Waals surface area (Å²) in [6, 6.07) is 10.8. The summed E-state index contributed by atoms with van der Waals surface area (Å²) < 4.78 is 16.1. The Morgan fingerprint density at radius 3 is 2.42 bits per heavy atom. The first-order valence-corrected chi connectivity index (χ1v) is 8.32. The minimum atomic E-state index is -2.50. The summed E-state index contributed by atoms with van der Waals surface area (Å²) in [6.07, 6.45) is 2.15. The lowest BCUT2D eigenvalue weighted by molar-refractivity contribution is -0.136. The molecule has 1 aromatic carbocycles. The van der Waals surface area contributed by atoms with Crippen molar-refractivity contribution < 1.29 is 18.4 Å². The van der Waals surface area contributed by atoms with Gasteiger partial charge in [-0.2, -0.15) is 0 Å². The predicted molar refractivity (Wildman–Crippen MR) is 75.9 cm³/mol. The van der Waals surface area contributed by atoms with E-state index in [2.05, 4.69) is 18.7 Å². The van der Waals surface area contributed by atoms with Crippen LogP contribution in [0, 0.1) is 0 Å². The molecule has 0 saturated carbocycles. The zero-order valence-electron chi connectivity index (χ0n) is 11.4. The molecule has 0 aromatic heterocycles. The quantitative estimate of drug-likeness (QED) is 0.416. The van der Waals surface area contributed by atoms with Crippen LogP contribution in [0.4, 0.5) is 0 Å². The SMILES string of the molecule is C=CC(=O)OC[Si](CCc1ccccc1)(OC)OC. The van der Waals surface area contributed by atoms with Crippen LogP contribution < -0.4 is 0 Å². The predicted octanol–water partition coefficient (Wildman–Crippen LogP) is 2.23. The van der Waals surface area contributed by atoms with Crippen molar-refractivity contribution in [2.75, 3.05) is 20.4 Å². The molecule has 0 atom stereocenters. The first-order valence-electron chi connectivity index (χ1n) is 6.09. The van der Waals surface area contributed by atoms with Gasteiger partial charge in [-0.05, 0) is 18.0 Å². The van der Waals surface area contributed by atoms with Crippen LogP contribution in [0.5, 0.6) is 0 Å². The van der Waals surface area contributed by atoms with E-state index in [1.54, 1.807) is 14.2 Å². The Hall–Kier alpha value is -1.43. The van der Waals surface area contributed by atoms with Gasteiger partial charge >= 0.3 is 14.5 Å². The maximum absolute atomic E-state index is 11.1. The third kappa shape index (κ3) is 4.98. The molecule has 19 heavy (non-hydrogen) atoms. The van der Waals surface area contributed by atoms with Crippen molar-refractivity contribution in [3.8, 4) is 0 Å². The summed E-state index contributed by atoms with van der Waals surface area (Å²) >= 11 is 0. The van der Waals surface area contributed by atoms with Gasteiger partial charge in [-0.25, -0.2) is 4.79 Å². The highest BCUT2D eigenvalue weighted by Crippen LogP contribution is 2.16. The molecule has 1 aromatic rings. The Balaban J connectivity index is 2.60. The fraction of sp³-hybridized carbons (Fsp3) is 0.357. The van der Waals surface area contributed by atoms with Crippen LogP contribution in [-0.4, -0.2) is 35.0 Å². The molecule has 0 aliphatic rings. The number of rotatable bonds is 8. The van der Waals surface area contributed by atoms with Gasteiger partial charge in [-0.1, -0.05) is 36.9 Å². The normalized spacial score (nSPS) is 11.1. The number of benzene rings is 1. The summed E-state index contributed by atoms with van der Waals surface area (Å²) in [5.41, 5.74) is 1.21. The molecule has 0 spiro atoms. The van der Waals surface area contributed by atoms with E-state index in [0.29, 0.717) is 0 Å². The van der Waals surface area contributed by atoms with Gasteiger partial charge in [0.15, 0.2) is 0 Å². The zero-order valence-corrected chi connectivity index (χ0v) is 12.4. The molecule has 1 rings (SSSR count). The molecule has 0 aliphatic heterocycles. The number of ether oxygens (including phenoxy) is 1. The van der Waals surface area contributed by atoms with E-state index in [9.17, 15) is 4.79 Å². The van der Waals surface area contributed by atoms with Crippen molar-refractivity contribution >= 4 is 14.5 Å². The summed E-state index contributed by atoms with van der Waals surface area (Å²) in [7, 11) is 0.703. The fourth-order valence-electron chi connectivity index (χ4n) is 1.70. The molecule has 0 N–H and O–H groups in total. The number of hydrogen-bond donors (Lipinski definition) is 0. The Morgan fingerprint density at radius 2 is 1.89 bits per heavy atom. The third-order valence-corrected chi connectivity index (χ3v) is 6.07. The van der Waals surface area contributed by atoms with Crippen LogP contribution in [0.3, 0.4) is 0 Å². The van der Waals surface area contributed by atoms with Crippen molar-refractivity contribution in [1.29, 1.82) is 0 Å². The molecule has 0 amide bonds. The van der Waals surface area contributed by atoms with Crippen LogP contribution in [0.15, 0.2) is 43.0 Å². The molecule has 0 radical (unpaired) electrons. The largest absolute Gasteiger partial charge is 0.461 e. The fourth-order valence-corrected chi connectivity index (χ4v) is 3.68. The van der Waals surface area contributed by atoms with E-state index >= 15 is 0 Å². The van der Waals surface area contributed by atoms with Crippen molar-refractivity contribution in [2.24, 2.45) is 0 Å². The Morgan fingerprint density at radius 1 is 1.26 bits per heavy atom. The molecular weight excluding hydrogens is 260 g/mol. The van der Waals surface area contributed by atoms with Gasteiger partial charge in [0.2, 0.25) is 0 Å². The topological polar surface area (TPSA) is 44.8 Å². The molecular formula is C14H20O4Si. The van der Waals surface area contributed by atoms with Gasteiger partial charge < -0.3 is 13.6 Å². The van der Waals surface area contributed by atoms with Crippen LogP contribution in [0.1, 0.15) is 5.56 Å². The lowest BCUT2D eigenvalue weighted by Crippen LogP contribution is -2.46. The molecule has 0 aliphatic carbocycles. The minimum Gasteiger partial charge on any atom is -0.461 e. The highest BCUT2D eigenvalue weighted by Gasteiger charge is 2.37. The van der Waals surface area contributed by atoms with Crippen LogP contribution >= 0.6 is 0 Å². The number of hydrogen-bond acceptors (Lipinski definition) is 4. The van der Waals surface area contributed by atoms with E-state index in [4.69, 9.17) is 13.6 Å². The summed E-state index contributed by atoms with van der Waals surface area (Å²) in [5, 5.41) is 0. The minimum absolute atomic E-state index is 0.178. The monoisotopic (exact) mass is 280 g/mol. The van der Waals surface area contributed by atoms with Gasteiger partial charge in [0, 0.05) is 20.3 Å². The van der Waals surface area contributed by atoms with E-state index in [-0.39, 0.29) is 6.23 Å². The average molecular weight is 280 g/mol. The molecule has 0 fully saturated rings. The van der Waals surface area contributed by atoms with Crippen LogP contribution in [-0.2, 0) is 24.8 Å². The molecule has 0 saturated heterocycles. The highest BCUT2D eigenvalue weighted by molar-refractivity contribution is 6.67. The molecule has 0 bridgehead atoms. The van der Waals surface area contributed by atoms with Crippen molar-refractivity contribution in [1.82, 2.24) is 0 Å². The lowest BCUT2D eigenvalue weighted by Gasteiger charge is -2.26. The standard InChI is InChI=1S/C14H20O4Si/c1-4-14(15)18-12-19(16-2,17-3)11-10-13-8-6-5-7-9-13/h4-9H,1,10-12H2,2-3H3. The van der Waals surface area contributed by atoms with Crippen molar-refractivity contribution in [3.63, 3.8) is 0 Å². The molecule has 0 heterocycles.